The van der Waals surface area contributed by atoms with Crippen molar-refractivity contribution in [2.24, 2.45) is 0 Å². The first-order valence-electron chi connectivity index (χ1n) is 6.44. The second kappa shape index (κ2) is 6.47. The summed E-state index contributed by atoms with van der Waals surface area (Å²) in [4.78, 5) is 0. The lowest BCUT2D eigenvalue weighted by molar-refractivity contribution is 0.553. The maximum absolute atomic E-state index is 6.22. The summed E-state index contributed by atoms with van der Waals surface area (Å²) >= 11 is 12.2. The quantitative estimate of drug-likeness (QED) is 0.859. The summed E-state index contributed by atoms with van der Waals surface area (Å²) in [5.41, 5.74) is 2.29. The minimum atomic E-state index is 0.318. The van der Waals surface area contributed by atoms with E-state index in [0.717, 1.165) is 23.7 Å². The van der Waals surface area contributed by atoms with Gasteiger partial charge < -0.3 is 9.88 Å². The van der Waals surface area contributed by atoms with E-state index < -0.39 is 0 Å². The Hall–Kier alpha value is -0.960. The number of hydrogen-bond acceptors (Lipinski definition) is 1. The number of aromatic nitrogens is 1. The molecule has 0 saturated carbocycles. The SMILES string of the molecule is CCNC(C)c1cccn1Cc1cc(Cl)ccc1Cl. The minimum absolute atomic E-state index is 0.318. The summed E-state index contributed by atoms with van der Waals surface area (Å²) in [5.74, 6) is 0. The fourth-order valence-corrected chi connectivity index (χ4v) is 2.60. The average molecular weight is 297 g/mol. The van der Waals surface area contributed by atoms with Gasteiger partial charge >= 0.3 is 0 Å². The second-order valence-corrected chi connectivity index (χ2v) is 5.42. The molecule has 1 aromatic carbocycles. The van der Waals surface area contributed by atoms with Crippen LogP contribution in [0.15, 0.2) is 36.5 Å². The molecule has 4 heteroatoms. The predicted octanol–water partition coefficient (Wildman–Crippen LogP) is 4.51. The largest absolute Gasteiger partial charge is 0.346 e. The molecule has 2 aromatic rings. The van der Waals surface area contributed by atoms with Crippen molar-refractivity contribution in [1.82, 2.24) is 9.88 Å². The molecule has 2 rings (SSSR count). The Balaban J connectivity index is 2.24. The van der Waals surface area contributed by atoms with Gasteiger partial charge in [-0.05, 0) is 49.4 Å². The zero-order valence-corrected chi connectivity index (χ0v) is 12.7. The second-order valence-electron chi connectivity index (χ2n) is 4.58. The highest BCUT2D eigenvalue weighted by Crippen LogP contribution is 2.23. The molecule has 1 aromatic heterocycles. The van der Waals surface area contributed by atoms with Crippen molar-refractivity contribution in [3.05, 3.63) is 57.8 Å². The van der Waals surface area contributed by atoms with Gasteiger partial charge in [-0.25, -0.2) is 0 Å². The van der Waals surface area contributed by atoms with Gasteiger partial charge in [-0.1, -0.05) is 30.1 Å². The van der Waals surface area contributed by atoms with Crippen LogP contribution in [0.5, 0.6) is 0 Å². The average Bonchev–Trinajstić information content (AvgIpc) is 2.82. The standard InChI is InChI=1S/C15H18Cl2N2/c1-3-18-11(2)15-5-4-8-19(15)10-12-9-13(16)6-7-14(12)17/h4-9,11,18H,3,10H2,1-2H3. The molecule has 0 radical (unpaired) electrons. The Morgan fingerprint density at radius 3 is 2.79 bits per heavy atom. The molecular weight excluding hydrogens is 279 g/mol. The molecule has 1 heterocycles. The zero-order valence-electron chi connectivity index (χ0n) is 11.2. The van der Waals surface area contributed by atoms with Crippen LogP contribution in [-0.2, 0) is 6.54 Å². The van der Waals surface area contributed by atoms with E-state index in [1.165, 1.54) is 5.69 Å². The Bertz CT molecular complexity index is 549. The van der Waals surface area contributed by atoms with Crippen molar-refractivity contribution in [2.45, 2.75) is 26.4 Å². The van der Waals surface area contributed by atoms with Crippen LogP contribution in [0.2, 0.25) is 10.0 Å². The first-order valence-corrected chi connectivity index (χ1v) is 7.19. The van der Waals surface area contributed by atoms with Gasteiger partial charge in [0, 0.05) is 34.5 Å². The topological polar surface area (TPSA) is 17.0 Å². The van der Waals surface area contributed by atoms with Gasteiger partial charge in [0.1, 0.15) is 0 Å². The molecule has 0 aliphatic rings. The highest BCUT2D eigenvalue weighted by atomic mass is 35.5. The van der Waals surface area contributed by atoms with Crippen LogP contribution < -0.4 is 5.32 Å². The molecule has 0 bridgehead atoms. The van der Waals surface area contributed by atoms with Gasteiger partial charge in [-0.2, -0.15) is 0 Å². The van der Waals surface area contributed by atoms with Crippen molar-refractivity contribution in [3.8, 4) is 0 Å². The van der Waals surface area contributed by atoms with E-state index in [9.17, 15) is 0 Å². The summed E-state index contributed by atoms with van der Waals surface area (Å²) in [6.07, 6.45) is 2.07. The lowest BCUT2D eigenvalue weighted by Gasteiger charge is -2.17. The molecule has 102 valence electrons. The van der Waals surface area contributed by atoms with E-state index in [0.29, 0.717) is 11.1 Å². The van der Waals surface area contributed by atoms with Crippen LogP contribution >= 0.6 is 23.2 Å². The zero-order chi connectivity index (χ0) is 13.8. The summed E-state index contributed by atoms with van der Waals surface area (Å²) in [6, 6.07) is 10.1. The molecule has 0 saturated heterocycles. The number of nitrogens with zero attached hydrogens (tertiary/aromatic N) is 1. The van der Waals surface area contributed by atoms with Gasteiger partial charge in [0.05, 0.1) is 0 Å². The van der Waals surface area contributed by atoms with Crippen LogP contribution in [0, 0.1) is 0 Å². The van der Waals surface area contributed by atoms with Crippen LogP contribution in [0.3, 0.4) is 0 Å². The first kappa shape index (κ1) is 14.4. The smallest absolute Gasteiger partial charge is 0.0488 e. The number of rotatable bonds is 5. The van der Waals surface area contributed by atoms with Gasteiger partial charge in [0.25, 0.3) is 0 Å². The van der Waals surface area contributed by atoms with Gasteiger partial charge in [0.15, 0.2) is 0 Å². The van der Waals surface area contributed by atoms with Gasteiger partial charge in [0.2, 0.25) is 0 Å². The Kier molecular flexibility index (Phi) is 4.92. The van der Waals surface area contributed by atoms with Crippen molar-refractivity contribution in [2.75, 3.05) is 6.54 Å². The lowest BCUT2D eigenvalue weighted by Crippen LogP contribution is -2.20. The molecule has 0 aliphatic carbocycles. The number of benzene rings is 1. The Morgan fingerprint density at radius 2 is 2.05 bits per heavy atom. The molecule has 0 aliphatic heterocycles. The molecule has 0 fully saturated rings. The number of halogens is 2. The van der Waals surface area contributed by atoms with Crippen molar-refractivity contribution in [1.29, 1.82) is 0 Å². The maximum atomic E-state index is 6.22. The van der Waals surface area contributed by atoms with Crippen LogP contribution in [0.1, 0.15) is 31.1 Å². The monoisotopic (exact) mass is 296 g/mol. The maximum Gasteiger partial charge on any atom is 0.0488 e. The molecule has 0 amide bonds. The van der Waals surface area contributed by atoms with E-state index in [1.807, 2.05) is 18.2 Å². The van der Waals surface area contributed by atoms with E-state index in [1.54, 1.807) is 0 Å². The van der Waals surface area contributed by atoms with Gasteiger partial charge in [-0.15, -0.1) is 0 Å². The minimum Gasteiger partial charge on any atom is -0.346 e. The van der Waals surface area contributed by atoms with E-state index in [-0.39, 0.29) is 0 Å². The molecule has 0 spiro atoms. The van der Waals surface area contributed by atoms with Crippen LogP contribution in [0.4, 0.5) is 0 Å². The van der Waals surface area contributed by atoms with E-state index in [4.69, 9.17) is 23.2 Å². The number of hydrogen-bond donors (Lipinski definition) is 1. The van der Waals surface area contributed by atoms with Crippen molar-refractivity contribution in [3.63, 3.8) is 0 Å². The highest BCUT2D eigenvalue weighted by molar-refractivity contribution is 6.33. The normalized spacial score (nSPS) is 12.6. The summed E-state index contributed by atoms with van der Waals surface area (Å²) in [6.45, 7) is 5.95. The fraction of sp³-hybridized carbons (Fsp3) is 0.333. The van der Waals surface area contributed by atoms with Crippen molar-refractivity contribution < 1.29 is 0 Å². The lowest BCUT2D eigenvalue weighted by atomic mass is 10.2. The molecular formula is C15H18Cl2N2. The van der Waals surface area contributed by atoms with E-state index in [2.05, 4.69) is 42.1 Å². The van der Waals surface area contributed by atoms with Gasteiger partial charge in [-0.3, -0.25) is 0 Å². The summed E-state index contributed by atoms with van der Waals surface area (Å²) < 4.78 is 2.20. The van der Waals surface area contributed by atoms with Crippen molar-refractivity contribution >= 4 is 23.2 Å². The molecule has 2 nitrogen and oxygen atoms in total. The molecule has 1 atom stereocenters. The predicted molar refractivity (Wildman–Crippen MR) is 82.1 cm³/mol. The Labute approximate surface area is 124 Å². The Morgan fingerprint density at radius 1 is 1.26 bits per heavy atom. The van der Waals surface area contributed by atoms with Crippen LogP contribution in [-0.4, -0.2) is 11.1 Å². The molecule has 19 heavy (non-hydrogen) atoms. The molecule has 1 unspecified atom stereocenters. The summed E-state index contributed by atoms with van der Waals surface area (Å²) in [5, 5.41) is 4.89. The van der Waals surface area contributed by atoms with Crippen LogP contribution in [0.25, 0.3) is 0 Å². The highest BCUT2D eigenvalue weighted by Gasteiger charge is 2.10. The number of nitrogens with one attached hydrogen (secondary N) is 1. The third-order valence-corrected chi connectivity index (χ3v) is 3.77. The fourth-order valence-electron chi connectivity index (χ4n) is 2.22. The van der Waals surface area contributed by atoms with E-state index >= 15 is 0 Å². The third-order valence-electron chi connectivity index (χ3n) is 3.17. The first-order chi connectivity index (χ1) is 9.11. The molecule has 1 N–H and O–H groups in total. The third kappa shape index (κ3) is 3.53. The summed E-state index contributed by atoms with van der Waals surface area (Å²) in [7, 11) is 0.